The maximum Gasteiger partial charge on any atom is 0.339 e. The van der Waals surface area contributed by atoms with Gasteiger partial charge < -0.3 is 19.7 Å². The van der Waals surface area contributed by atoms with Crippen molar-refractivity contribution in [2.45, 2.75) is 20.0 Å². The molecule has 0 saturated carbocycles. The lowest BCUT2D eigenvalue weighted by molar-refractivity contribution is -0.384. The molecule has 0 saturated heterocycles. The van der Waals surface area contributed by atoms with E-state index in [0.717, 1.165) is 6.07 Å². The smallest absolute Gasteiger partial charge is 0.339 e. The van der Waals surface area contributed by atoms with E-state index in [-0.39, 0.29) is 11.3 Å². The number of hydrogen-bond acceptors (Lipinski definition) is 7. The van der Waals surface area contributed by atoms with Crippen LogP contribution in [0.2, 0.25) is 0 Å². The Labute approximate surface area is 168 Å². The number of amides is 1. The molecule has 0 unspecified atom stereocenters. The summed E-state index contributed by atoms with van der Waals surface area (Å²) in [6.07, 6.45) is -1.10. The highest BCUT2D eigenvalue weighted by molar-refractivity contribution is 5.97. The minimum Gasteiger partial charge on any atom is -0.494 e. The van der Waals surface area contributed by atoms with Gasteiger partial charge in [0, 0.05) is 25.8 Å². The summed E-state index contributed by atoms with van der Waals surface area (Å²) in [4.78, 5) is 36.9. The summed E-state index contributed by atoms with van der Waals surface area (Å²) in [6.45, 7) is 3.82. The first-order valence-corrected chi connectivity index (χ1v) is 8.93. The van der Waals surface area contributed by atoms with Crippen molar-refractivity contribution in [1.29, 1.82) is 0 Å². The summed E-state index contributed by atoms with van der Waals surface area (Å²) in [7, 11) is 3.32. The molecule has 0 aliphatic heterocycles. The Balaban J connectivity index is 2.05. The number of rotatable bonds is 8. The predicted molar refractivity (Wildman–Crippen MR) is 109 cm³/mol. The van der Waals surface area contributed by atoms with Gasteiger partial charge in [-0.15, -0.1) is 0 Å². The van der Waals surface area contributed by atoms with Crippen LogP contribution in [0, 0.1) is 10.1 Å². The summed E-state index contributed by atoms with van der Waals surface area (Å²) >= 11 is 0. The van der Waals surface area contributed by atoms with E-state index in [9.17, 15) is 19.7 Å². The topological polar surface area (TPSA) is 111 Å². The fourth-order valence-electron chi connectivity index (χ4n) is 2.50. The fourth-order valence-corrected chi connectivity index (χ4v) is 2.50. The zero-order valence-corrected chi connectivity index (χ0v) is 16.7. The van der Waals surface area contributed by atoms with Crippen LogP contribution in [0.25, 0.3) is 0 Å². The number of nitrogens with one attached hydrogen (secondary N) is 1. The average molecular weight is 401 g/mol. The summed E-state index contributed by atoms with van der Waals surface area (Å²) in [6, 6.07) is 10.8. The first-order chi connectivity index (χ1) is 13.7. The molecule has 0 heterocycles. The molecule has 0 aliphatic rings. The van der Waals surface area contributed by atoms with Crippen LogP contribution in [0.1, 0.15) is 24.2 Å². The summed E-state index contributed by atoms with van der Waals surface area (Å²) < 4.78 is 10.5. The highest BCUT2D eigenvalue weighted by Crippen LogP contribution is 2.28. The molecule has 0 radical (unpaired) electrons. The second-order valence-electron chi connectivity index (χ2n) is 6.35. The number of carbonyl (C=O) groups is 2. The molecule has 1 N–H and O–H groups in total. The van der Waals surface area contributed by atoms with Gasteiger partial charge in [-0.1, -0.05) is 0 Å². The van der Waals surface area contributed by atoms with Gasteiger partial charge in [-0.2, -0.15) is 0 Å². The molecule has 0 spiro atoms. The normalized spacial score (nSPS) is 11.3. The molecule has 154 valence electrons. The lowest BCUT2D eigenvalue weighted by atomic mass is 10.1. The summed E-state index contributed by atoms with van der Waals surface area (Å²) in [5.41, 5.74) is 0.638. The molecule has 0 aliphatic carbocycles. The zero-order valence-electron chi connectivity index (χ0n) is 16.7. The van der Waals surface area contributed by atoms with Crippen LogP contribution in [-0.2, 0) is 9.53 Å². The highest BCUT2D eigenvalue weighted by Gasteiger charge is 2.23. The van der Waals surface area contributed by atoms with Crippen LogP contribution in [0.4, 0.5) is 17.1 Å². The summed E-state index contributed by atoms with van der Waals surface area (Å²) in [5, 5.41) is 13.9. The lowest BCUT2D eigenvalue weighted by Crippen LogP contribution is -2.30. The van der Waals surface area contributed by atoms with Gasteiger partial charge in [0.05, 0.1) is 17.1 Å². The number of esters is 1. The third kappa shape index (κ3) is 5.68. The van der Waals surface area contributed by atoms with Crippen LogP contribution < -0.4 is 15.0 Å². The van der Waals surface area contributed by atoms with Gasteiger partial charge in [0.25, 0.3) is 11.6 Å². The molecule has 29 heavy (non-hydrogen) atoms. The van der Waals surface area contributed by atoms with Crippen molar-refractivity contribution in [1.82, 2.24) is 0 Å². The molecule has 0 bridgehead atoms. The van der Waals surface area contributed by atoms with Crippen molar-refractivity contribution in [3.05, 3.63) is 58.1 Å². The third-order valence-corrected chi connectivity index (χ3v) is 3.98. The molecular weight excluding hydrogens is 378 g/mol. The maximum atomic E-state index is 12.3. The van der Waals surface area contributed by atoms with Gasteiger partial charge in [0.1, 0.15) is 11.4 Å². The Hall–Kier alpha value is -3.62. The van der Waals surface area contributed by atoms with Crippen molar-refractivity contribution >= 4 is 28.9 Å². The van der Waals surface area contributed by atoms with Gasteiger partial charge in [0.2, 0.25) is 0 Å². The van der Waals surface area contributed by atoms with E-state index in [1.54, 1.807) is 43.3 Å². The third-order valence-electron chi connectivity index (χ3n) is 3.98. The molecule has 2 aromatic rings. The van der Waals surface area contributed by atoms with E-state index in [4.69, 9.17) is 9.47 Å². The second-order valence-corrected chi connectivity index (χ2v) is 6.35. The average Bonchev–Trinajstić information content (AvgIpc) is 2.68. The minimum absolute atomic E-state index is 0.0111. The van der Waals surface area contributed by atoms with Gasteiger partial charge >= 0.3 is 5.97 Å². The van der Waals surface area contributed by atoms with Crippen molar-refractivity contribution in [2.75, 3.05) is 30.9 Å². The molecule has 0 aromatic heterocycles. The van der Waals surface area contributed by atoms with Gasteiger partial charge in [-0.3, -0.25) is 14.9 Å². The van der Waals surface area contributed by atoms with E-state index >= 15 is 0 Å². The molecule has 9 nitrogen and oxygen atoms in total. The largest absolute Gasteiger partial charge is 0.494 e. The van der Waals surface area contributed by atoms with Crippen molar-refractivity contribution in [3.63, 3.8) is 0 Å². The number of ether oxygens (including phenoxy) is 2. The van der Waals surface area contributed by atoms with Gasteiger partial charge in [-0.05, 0) is 50.2 Å². The predicted octanol–water partition coefficient (Wildman–Crippen LogP) is 3.24. The molecule has 2 rings (SSSR count). The van der Waals surface area contributed by atoms with Crippen LogP contribution in [0.5, 0.6) is 5.75 Å². The number of nitro benzene ring substituents is 1. The maximum absolute atomic E-state index is 12.3. The van der Waals surface area contributed by atoms with Crippen molar-refractivity contribution in [3.8, 4) is 5.75 Å². The van der Waals surface area contributed by atoms with Gasteiger partial charge in [-0.25, -0.2) is 4.79 Å². The summed E-state index contributed by atoms with van der Waals surface area (Å²) in [5.74, 6) is -0.678. The quantitative estimate of drug-likeness (QED) is 0.411. The Morgan fingerprint density at radius 1 is 1.17 bits per heavy atom. The van der Waals surface area contributed by atoms with Crippen LogP contribution in [0.15, 0.2) is 42.5 Å². The van der Waals surface area contributed by atoms with E-state index < -0.39 is 22.9 Å². The molecule has 1 atom stereocenters. The standard InChI is InChI=1S/C20H23N3O6/c1-5-28-16-9-7-15(8-10-16)21-19(24)13(2)29-20(25)14-6-11-17(22(3)4)18(12-14)23(26)27/h6-13H,5H2,1-4H3,(H,21,24)/t13-/m0/s1. The SMILES string of the molecule is CCOc1ccc(NC(=O)[C@H](C)OC(=O)c2ccc(N(C)C)c([N+](=O)[O-])c2)cc1. The van der Waals surface area contributed by atoms with Crippen LogP contribution in [-0.4, -0.2) is 43.6 Å². The van der Waals surface area contributed by atoms with E-state index in [1.807, 2.05) is 6.92 Å². The Morgan fingerprint density at radius 3 is 2.38 bits per heavy atom. The first-order valence-electron chi connectivity index (χ1n) is 8.93. The Morgan fingerprint density at radius 2 is 1.83 bits per heavy atom. The number of nitrogens with zero attached hydrogens (tertiary/aromatic N) is 2. The second kappa shape index (κ2) is 9.54. The van der Waals surface area contributed by atoms with E-state index in [1.165, 1.54) is 19.1 Å². The molecule has 0 fully saturated rings. The number of hydrogen-bond donors (Lipinski definition) is 1. The molecular formula is C20H23N3O6. The molecule has 1 amide bonds. The Kier molecular flexibility index (Phi) is 7.13. The number of nitro groups is 1. The number of carbonyl (C=O) groups excluding carboxylic acids is 2. The van der Waals surface area contributed by atoms with Crippen molar-refractivity contribution in [2.24, 2.45) is 0 Å². The zero-order chi connectivity index (χ0) is 21.6. The van der Waals surface area contributed by atoms with Crippen LogP contribution in [0.3, 0.4) is 0 Å². The highest BCUT2D eigenvalue weighted by atomic mass is 16.6. The van der Waals surface area contributed by atoms with E-state index in [2.05, 4.69) is 5.32 Å². The monoisotopic (exact) mass is 401 g/mol. The number of benzene rings is 2. The lowest BCUT2D eigenvalue weighted by Gasteiger charge is -2.15. The minimum atomic E-state index is -1.10. The number of anilines is 2. The van der Waals surface area contributed by atoms with E-state index in [0.29, 0.717) is 23.7 Å². The Bertz CT molecular complexity index is 896. The first kappa shape index (κ1) is 21.7. The van der Waals surface area contributed by atoms with Gasteiger partial charge in [0.15, 0.2) is 6.10 Å². The van der Waals surface area contributed by atoms with Crippen molar-refractivity contribution < 1.29 is 24.0 Å². The van der Waals surface area contributed by atoms with Crippen LogP contribution >= 0.6 is 0 Å². The molecule has 9 heteroatoms. The fraction of sp³-hybridized carbons (Fsp3) is 0.300. The molecule has 2 aromatic carbocycles.